The zero-order chi connectivity index (χ0) is 29.4. The Morgan fingerprint density at radius 1 is 0.977 bits per heavy atom. The number of carbonyl (C=O) groups is 4. The molecule has 2 saturated carbocycles. The van der Waals surface area contributed by atoms with Gasteiger partial charge in [0.25, 0.3) is 11.8 Å². The number of piperidine rings is 1. The Labute approximate surface area is 246 Å². The average Bonchev–Trinajstić information content (AvgIpc) is 3.56. The fraction of sp³-hybridized carbons (Fsp3) is 0.387. The molecule has 3 aromatic heterocycles. The number of aryl methyl sites for hydroxylation is 1. The number of nitrogens with zero attached hydrogens (tertiary/aromatic N) is 6. The first-order valence-corrected chi connectivity index (χ1v) is 14.7. The second kappa shape index (κ2) is 9.58. The average molecular weight is 580 g/mol. The summed E-state index contributed by atoms with van der Waals surface area (Å²) in [5.41, 5.74) is 4.63. The molecule has 1 N–H and O–H groups in total. The molecule has 0 bridgehead atoms. The molecule has 12 nitrogen and oxygen atoms in total. The van der Waals surface area contributed by atoms with Gasteiger partial charge in [0.1, 0.15) is 11.8 Å². The van der Waals surface area contributed by atoms with Crippen molar-refractivity contribution >= 4 is 34.5 Å². The predicted octanol–water partition coefficient (Wildman–Crippen LogP) is 3.14. The van der Waals surface area contributed by atoms with E-state index in [1.807, 2.05) is 24.1 Å². The maximum absolute atomic E-state index is 13.1. The van der Waals surface area contributed by atoms with Crippen LogP contribution in [0.4, 0.5) is 0 Å². The monoisotopic (exact) mass is 579 g/mol. The van der Waals surface area contributed by atoms with E-state index in [4.69, 9.17) is 14.8 Å². The first-order valence-electron chi connectivity index (χ1n) is 14.7. The zero-order valence-corrected chi connectivity index (χ0v) is 23.5. The number of ether oxygens (including phenoxy) is 1. The zero-order valence-electron chi connectivity index (χ0n) is 23.5. The van der Waals surface area contributed by atoms with Crippen LogP contribution in [0.3, 0.4) is 0 Å². The lowest BCUT2D eigenvalue weighted by Gasteiger charge is -2.35. The highest BCUT2D eigenvalue weighted by atomic mass is 16.5. The molecule has 1 saturated heterocycles. The number of hydrogen-bond acceptors (Lipinski definition) is 8. The van der Waals surface area contributed by atoms with Gasteiger partial charge in [-0.15, -0.1) is 0 Å². The number of imide groups is 2. The number of amides is 4. The normalized spacial score (nSPS) is 23.5. The second-order valence-electron chi connectivity index (χ2n) is 12.0. The number of aromatic nitrogens is 5. The van der Waals surface area contributed by atoms with Crippen LogP contribution in [0.25, 0.3) is 22.2 Å². The molecule has 1 aromatic carbocycles. The molecule has 218 valence electrons. The molecule has 43 heavy (non-hydrogen) atoms. The first-order chi connectivity index (χ1) is 20.8. The minimum absolute atomic E-state index is 0.0836. The summed E-state index contributed by atoms with van der Waals surface area (Å²) in [6.45, 7) is 0.483. The highest BCUT2D eigenvalue weighted by molar-refractivity contribution is 6.23. The van der Waals surface area contributed by atoms with Crippen molar-refractivity contribution in [3.05, 3.63) is 59.7 Å². The Morgan fingerprint density at radius 2 is 1.79 bits per heavy atom. The van der Waals surface area contributed by atoms with E-state index in [-0.39, 0.29) is 30.0 Å². The van der Waals surface area contributed by atoms with Crippen LogP contribution in [0.5, 0.6) is 5.75 Å². The molecule has 4 aromatic rings. The van der Waals surface area contributed by atoms with Gasteiger partial charge in [0.2, 0.25) is 11.8 Å². The number of rotatable bonds is 7. The Balaban J connectivity index is 0.925. The molecule has 5 heterocycles. The number of pyridine rings is 1. The Bertz CT molecular complexity index is 1850. The van der Waals surface area contributed by atoms with Crippen LogP contribution in [-0.4, -0.2) is 65.7 Å². The highest BCUT2D eigenvalue weighted by Gasteiger charge is 2.45. The molecular formula is C31H29N7O5. The van der Waals surface area contributed by atoms with Crippen LogP contribution >= 0.6 is 0 Å². The summed E-state index contributed by atoms with van der Waals surface area (Å²) in [7, 11) is 1.93. The summed E-state index contributed by atoms with van der Waals surface area (Å²) in [4.78, 5) is 55.6. The van der Waals surface area contributed by atoms with Gasteiger partial charge in [-0.3, -0.25) is 43.7 Å². The van der Waals surface area contributed by atoms with Gasteiger partial charge in [-0.25, -0.2) is 0 Å². The number of carbonyl (C=O) groups excluding carboxylic acids is 4. The Morgan fingerprint density at radius 3 is 2.58 bits per heavy atom. The molecule has 12 heteroatoms. The maximum atomic E-state index is 13.1. The molecular weight excluding hydrogens is 550 g/mol. The van der Waals surface area contributed by atoms with E-state index in [0.717, 1.165) is 58.4 Å². The summed E-state index contributed by atoms with van der Waals surface area (Å²) >= 11 is 0. The topological polar surface area (TPSA) is 141 Å². The predicted molar refractivity (Wildman–Crippen MR) is 152 cm³/mol. The van der Waals surface area contributed by atoms with Crippen molar-refractivity contribution in [2.45, 2.75) is 56.5 Å². The largest absolute Gasteiger partial charge is 0.493 e. The fourth-order valence-corrected chi connectivity index (χ4v) is 6.45. The molecule has 4 aliphatic rings. The minimum atomic E-state index is -0.988. The summed E-state index contributed by atoms with van der Waals surface area (Å²) in [6, 6.07) is 6.21. The van der Waals surface area contributed by atoms with Crippen LogP contribution < -0.4 is 10.1 Å². The Kier molecular flexibility index (Phi) is 5.75. The van der Waals surface area contributed by atoms with Gasteiger partial charge in [-0.05, 0) is 62.3 Å². The van der Waals surface area contributed by atoms with Crippen LogP contribution in [-0.2, 0) is 16.6 Å². The lowest BCUT2D eigenvalue weighted by molar-refractivity contribution is -0.136. The van der Waals surface area contributed by atoms with Crippen LogP contribution in [0.15, 0.2) is 42.9 Å². The van der Waals surface area contributed by atoms with Crippen molar-refractivity contribution in [2.24, 2.45) is 13.0 Å². The van der Waals surface area contributed by atoms with E-state index >= 15 is 0 Å². The third-order valence-corrected chi connectivity index (χ3v) is 9.11. The number of fused-ring (bicyclic) bond motifs is 2. The molecule has 1 unspecified atom stereocenters. The van der Waals surface area contributed by atoms with Gasteiger partial charge < -0.3 is 4.74 Å². The standard InChI is InChI=1S/C31H29N7O5/c1-36-26-11-24(32-12-18(26)13-33-36)23-14-37(35-28(23)17-2-3-17)19-8-16(9-19)15-43-20-4-5-21-22(10-20)31(42)38(30(21)41)25-6-7-27(39)34-29(25)40/h4-5,10-14,16-17,19,25H,2-3,6-9,15H2,1H3,(H,34,39,40)/t16-,19-,25?. The van der Waals surface area contributed by atoms with E-state index in [9.17, 15) is 19.2 Å². The van der Waals surface area contributed by atoms with E-state index in [1.165, 1.54) is 0 Å². The van der Waals surface area contributed by atoms with Gasteiger partial charge in [0.05, 0.1) is 46.9 Å². The second-order valence-corrected chi connectivity index (χ2v) is 12.0. The van der Waals surface area contributed by atoms with Crippen molar-refractivity contribution < 1.29 is 23.9 Å². The summed E-state index contributed by atoms with van der Waals surface area (Å²) in [5.74, 6) is -0.772. The van der Waals surface area contributed by atoms with E-state index in [1.54, 1.807) is 18.2 Å². The number of benzene rings is 1. The van der Waals surface area contributed by atoms with Crippen molar-refractivity contribution in [1.82, 2.24) is 34.8 Å². The fourth-order valence-electron chi connectivity index (χ4n) is 6.45. The SMILES string of the molecule is Cn1ncc2cnc(-c3cn([C@H]4C[C@H](COc5ccc6c(c5)C(=O)N(C5CCC(=O)NC5=O)C6=O)C4)nc3C3CC3)cc21. The minimum Gasteiger partial charge on any atom is -0.493 e. The van der Waals surface area contributed by atoms with Gasteiger partial charge in [0, 0.05) is 42.7 Å². The quantitative estimate of drug-likeness (QED) is 0.329. The van der Waals surface area contributed by atoms with E-state index < -0.39 is 29.7 Å². The molecule has 1 atom stereocenters. The molecule has 3 fully saturated rings. The number of hydrogen-bond donors (Lipinski definition) is 1. The van der Waals surface area contributed by atoms with Crippen LogP contribution in [0, 0.1) is 5.92 Å². The third kappa shape index (κ3) is 4.31. The molecule has 0 spiro atoms. The Hall–Kier alpha value is -4.87. The van der Waals surface area contributed by atoms with E-state index in [0.29, 0.717) is 24.2 Å². The van der Waals surface area contributed by atoms with Gasteiger partial charge >= 0.3 is 0 Å². The molecule has 4 amide bonds. The maximum Gasteiger partial charge on any atom is 0.262 e. The van der Waals surface area contributed by atoms with Gasteiger partial charge in [0.15, 0.2) is 0 Å². The lowest BCUT2D eigenvalue weighted by Crippen LogP contribution is -2.54. The first kappa shape index (κ1) is 25.8. The van der Waals surface area contributed by atoms with E-state index in [2.05, 4.69) is 27.4 Å². The highest BCUT2D eigenvalue weighted by Crippen LogP contribution is 2.46. The van der Waals surface area contributed by atoms with Crippen molar-refractivity contribution in [3.63, 3.8) is 0 Å². The van der Waals surface area contributed by atoms with Gasteiger partial charge in [-0.1, -0.05) is 0 Å². The summed E-state index contributed by atoms with van der Waals surface area (Å²) in [5, 5.41) is 12.6. The smallest absolute Gasteiger partial charge is 0.262 e. The number of nitrogens with one attached hydrogen (secondary N) is 1. The van der Waals surface area contributed by atoms with Gasteiger partial charge in [-0.2, -0.15) is 10.2 Å². The molecule has 8 rings (SSSR count). The van der Waals surface area contributed by atoms with Crippen molar-refractivity contribution in [2.75, 3.05) is 6.61 Å². The lowest BCUT2D eigenvalue weighted by atomic mass is 9.81. The van der Waals surface area contributed by atoms with Crippen molar-refractivity contribution in [3.8, 4) is 17.0 Å². The molecule has 2 aliphatic heterocycles. The van der Waals surface area contributed by atoms with Crippen molar-refractivity contribution in [1.29, 1.82) is 0 Å². The summed E-state index contributed by atoms with van der Waals surface area (Å²) < 4.78 is 10.0. The van der Waals surface area contributed by atoms with Crippen LogP contribution in [0.1, 0.15) is 76.9 Å². The summed E-state index contributed by atoms with van der Waals surface area (Å²) in [6.07, 6.45) is 10.2. The van der Waals surface area contributed by atoms with Crippen LogP contribution in [0.2, 0.25) is 0 Å². The molecule has 2 aliphatic carbocycles. The third-order valence-electron chi connectivity index (χ3n) is 9.11. The molecule has 0 radical (unpaired) electrons.